The molecule has 2 N–H and O–H groups in total. The molecule has 1 aromatic rings. The van der Waals surface area contributed by atoms with Gasteiger partial charge in [-0.05, 0) is 38.1 Å². The normalized spacial score (nSPS) is 14.6. The number of hydrogen-bond acceptors (Lipinski definition) is 3. The molecule has 0 bridgehead atoms. The second-order valence-electron chi connectivity index (χ2n) is 4.75. The zero-order chi connectivity index (χ0) is 14.3. The van der Waals surface area contributed by atoms with Crippen LogP contribution in [0.4, 0.5) is 0 Å². The summed E-state index contributed by atoms with van der Waals surface area (Å²) >= 11 is 6.08. The Morgan fingerprint density at radius 3 is 2.68 bits per heavy atom. The lowest BCUT2D eigenvalue weighted by Crippen LogP contribution is -2.40. The fraction of sp³-hybridized carbons (Fsp3) is 0.600. The van der Waals surface area contributed by atoms with Crippen molar-refractivity contribution in [1.82, 2.24) is 4.90 Å². The topological polar surface area (TPSA) is 38.5 Å². The van der Waals surface area contributed by atoms with Gasteiger partial charge >= 0.3 is 0 Å². The molecule has 0 amide bonds. The van der Waals surface area contributed by atoms with E-state index in [9.17, 15) is 0 Å². The van der Waals surface area contributed by atoms with Gasteiger partial charge in [0.2, 0.25) is 0 Å². The largest absolute Gasteiger partial charge is 0.380 e. The van der Waals surface area contributed by atoms with Crippen LogP contribution in [0.25, 0.3) is 0 Å². The SMILES string of the molecule is CCOCCN(C)C(c1cccc(Cl)c1)C(N)CC. The molecule has 19 heavy (non-hydrogen) atoms. The third-order valence-corrected chi connectivity index (χ3v) is 3.57. The highest BCUT2D eigenvalue weighted by molar-refractivity contribution is 6.30. The fourth-order valence-electron chi connectivity index (χ4n) is 2.23. The number of halogens is 1. The first-order chi connectivity index (χ1) is 9.10. The van der Waals surface area contributed by atoms with Crippen molar-refractivity contribution in [2.45, 2.75) is 32.4 Å². The molecular weight excluding hydrogens is 260 g/mol. The molecule has 0 radical (unpaired) electrons. The van der Waals surface area contributed by atoms with Gasteiger partial charge in [0.05, 0.1) is 6.61 Å². The molecule has 2 atom stereocenters. The number of nitrogens with zero attached hydrogens (tertiary/aromatic N) is 1. The lowest BCUT2D eigenvalue weighted by molar-refractivity contribution is 0.100. The molecule has 0 saturated carbocycles. The second kappa shape index (κ2) is 8.54. The van der Waals surface area contributed by atoms with E-state index in [-0.39, 0.29) is 12.1 Å². The maximum Gasteiger partial charge on any atom is 0.0593 e. The minimum Gasteiger partial charge on any atom is -0.380 e. The Bertz CT molecular complexity index is 373. The van der Waals surface area contributed by atoms with Crippen LogP contribution in [0.2, 0.25) is 5.02 Å². The standard InChI is InChI=1S/C15H25ClN2O/c1-4-14(17)15(18(3)9-10-19-5-2)12-7-6-8-13(16)11-12/h6-8,11,14-15H,4-5,9-10,17H2,1-3H3. The smallest absolute Gasteiger partial charge is 0.0593 e. The summed E-state index contributed by atoms with van der Waals surface area (Å²) in [6, 6.07) is 8.21. The molecular formula is C15H25ClN2O. The maximum absolute atomic E-state index is 6.28. The summed E-state index contributed by atoms with van der Waals surface area (Å²) in [6.07, 6.45) is 0.927. The Morgan fingerprint density at radius 2 is 2.11 bits per heavy atom. The van der Waals surface area contributed by atoms with Crippen LogP contribution in [0, 0.1) is 0 Å². The van der Waals surface area contributed by atoms with Crippen molar-refractivity contribution in [1.29, 1.82) is 0 Å². The van der Waals surface area contributed by atoms with E-state index in [0.717, 1.165) is 31.2 Å². The van der Waals surface area contributed by atoms with Gasteiger partial charge in [-0.15, -0.1) is 0 Å². The first-order valence-electron chi connectivity index (χ1n) is 6.89. The van der Waals surface area contributed by atoms with Crippen molar-refractivity contribution in [2.24, 2.45) is 5.73 Å². The van der Waals surface area contributed by atoms with Crippen LogP contribution in [-0.2, 0) is 4.74 Å². The van der Waals surface area contributed by atoms with E-state index in [4.69, 9.17) is 22.1 Å². The lowest BCUT2D eigenvalue weighted by Gasteiger charge is -2.32. The zero-order valence-corrected chi connectivity index (χ0v) is 12.9. The number of benzene rings is 1. The van der Waals surface area contributed by atoms with Crippen LogP contribution in [-0.4, -0.2) is 37.7 Å². The highest BCUT2D eigenvalue weighted by Gasteiger charge is 2.23. The predicted molar refractivity (Wildman–Crippen MR) is 81.6 cm³/mol. The zero-order valence-electron chi connectivity index (χ0n) is 12.1. The third-order valence-electron chi connectivity index (χ3n) is 3.33. The van der Waals surface area contributed by atoms with Crippen LogP contribution >= 0.6 is 11.6 Å². The first-order valence-corrected chi connectivity index (χ1v) is 7.27. The number of hydrogen-bond donors (Lipinski definition) is 1. The van der Waals surface area contributed by atoms with Gasteiger partial charge in [0, 0.05) is 30.3 Å². The van der Waals surface area contributed by atoms with Crippen LogP contribution < -0.4 is 5.73 Å². The first kappa shape index (κ1) is 16.4. The third kappa shape index (κ3) is 5.11. The molecule has 108 valence electrons. The van der Waals surface area contributed by atoms with E-state index in [1.165, 1.54) is 5.56 Å². The van der Waals surface area contributed by atoms with Gasteiger partial charge < -0.3 is 10.5 Å². The van der Waals surface area contributed by atoms with Crippen molar-refractivity contribution >= 4 is 11.6 Å². The summed E-state index contributed by atoms with van der Waals surface area (Å²) in [5.41, 5.74) is 7.45. The van der Waals surface area contributed by atoms with Crippen LogP contribution in [0.3, 0.4) is 0 Å². The minimum absolute atomic E-state index is 0.0880. The quantitative estimate of drug-likeness (QED) is 0.746. The van der Waals surface area contributed by atoms with Crippen molar-refractivity contribution in [3.63, 3.8) is 0 Å². The van der Waals surface area contributed by atoms with Gasteiger partial charge in [-0.2, -0.15) is 0 Å². The maximum atomic E-state index is 6.28. The monoisotopic (exact) mass is 284 g/mol. The molecule has 0 aliphatic carbocycles. The minimum atomic E-state index is 0.0880. The van der Waals surface area contributed by atoms with Crippen LogP contribution in [0.15, 0.2) is 24.3 Å². The van der Waals surface area contributed by atoms with Gasteiger partial charge in [0.15, 0.2) is 0 Å². The molecule has 0 aliphatic rings. The Morgan fingerprint density at radius 1 is 1.37 bits per heavy atom. The van der Waals surface area contributed by atoms with E-state index in [0.29, 0.717) is 0 Å². The summed E-state index contributed by atoms with van der Waals surface area (Å²) in [6.45, 7) is 6.44. The molecule has 0 spiro atoms. The highest BCUT2D eigenvalue weighted by Crippen LogP contribution is 2.25. The highest BCUT2D eigenvalue weighted by atomic mass is 35.5. The molecule has 0 fully saturated rings. The van der Waals surface area contributed by atoms with Crippen molar-refractivity contribution in [3.05, 3.63) is 34.9 Å². The molecule has 1 aromatic carbocycles. The Balaban J connectivity index is 2.82. The molecule has 1 rings (SSSR count). The summed E-state index contributed by atoms with van der Waals surface area (Å²) in [7, 11) is 2.08. The number of likely N-dealkylation sites (N-methyl/N-ethyl adjacent to an activating group) is 1. The van der Waals surface area contributed by atoms with Crippen LogP contribution in [0.5, 0.6) is 0 Å². The summed E-state index contributed by atoms with van der Waals surface area (Å²) in [5, 5.41) is 0.754. The van der Waals surface area contributed by atoms with Gasteiger partial charge in [-0.25, -0.2) is 0 Å². The number of nitrogens with two attached hydrogens (primary N) is 1. The molecule has 4 heteroatoms. The van der Waals surface area contributed by atoms with Crippen molar-refractivity contribution in [2.75, 3.05) is 26.8 Å². The Labute approximate surface area is 121 Å². The Kier molecular flexibility index (Phi) is 7.39. The predicted octanol–water partition coefficient (Wildman–Crippen LogP) is 3.09. The fourth-order valence-corrected chi connectivity index (χ4v) is 2.43. The van der Waals surface area contributed by atoms with E-state index in [1.807, 2.05) is 25.1 Å². The number of ether oxygens (including phenoxy) is 1. The molecule has 2 unspecified atom stereocenters. The van der Waals surface area contributed by atoms with E-state index >= 15 is 0 Å². The van der Waals surface area contributed by atoms with Crippen molar-refractivity contribution in [3.8, 4) is 0 Å². The van der Waals surface area contributed by atoms with Gasteiger partial charge in [-0.1, -0.05) is 30.7 Å². The second-order valence-corrected chi connectivity index (χ2v) is 5.19. The summed E-state index contributed by atoms with van der Waals surface area (Å²) < 4.78 is 5.42. The molecule has 3 nitrogen and oxygen atoms in total. The average Bonchev–Trinajstić information content (AvgIpc) is 2.39. The lowest BCUT2D eigenvalue weighted by atomic mass is 9.97. The molecule has 0 aromatic heterocycles. The molecule has 0 aliphatic heterocycles. The van der Waals surface area contributed by atoms with Crippen LogP contribution in [0.1, 0.15) is 31.9 Å². The summed E-state index contributed by atoms with van der Waals surface area (Å²) in [4.78, 5) is 2.25. The Hall–Kier alpha value is -0.610. The average molecular weight is 285 g/mol. The molecule has 0 saturated heterocycles. The van der Waals surface area contributed by atoms with Gasteiger partial charge in [0.25, 0.3) is 0 Å². The van der Waals surface area contributed by atoms with Crippen molar-refractivity contribution < 1.29 is 4.74 Å². The van der Waals surface area contributed by atoms with E-state index < -0.39 is 0 Å². The van der Waals surface area contributed by atoms with Gasteiger partial charge in [-0.3, -0.25) is 4.90 Å². The van der Waals surface area contributed by atoms with E-state index in [2.05, 4.69) is 24.9 Å². The molecule has 0 heterocycles. The van der Waals surface area contributed by atoms with E-state index in [1.54, 1.807) is 0 Å². The summed E-state index contributed by atoms with van der Waals surface area (Å²) in [5.74, 6) is 0. The van der Waals surface area contributed by atoms with Gasteiger partial charge in [0.1, 0.15) is 0 Å². The number of rotatable bonds is 8.